The number of amides is 1. The molecule has 192 valence electrons. The van der Waals surface area contributed by atoms with E-state index in [-0.39, 0.29) is 10.6 Å². The van der Waals surface area contributed by atoms with Crippen molar-refractivity contribution in [1.29, 1.82) is 0 Å². The van der Waals surface area contributed by atoms with Crippen LogP contribution in [0.2, 0.25) is 5.02 Å². The summed E-state index contributed by atoms with van der Waals surface area (Å²) in [4.78, 5) is 11.7. The fourth-order valence-corrected chi connectivity index (χ4v) is 4.83. The van der Waals surface area contributed by atoms with Gasteiger partial charge in [-0.25, -0.2) is 13.2 Å². The fourth-order valence-electron chi connectivity index (χ4n) is 3.34. The zero-order valence-electron chi connectivity index (χ0n) is 20.6. The second-order valence-electron chi connectivity index (χ2n) is 8.89. The van der Waals surface area contributed by atoms with E-state index >= 15 is 0 Å². The number of rotatable bonds is 9. The predicted octanol–water partition coefficient (Wildman–Crippen LogP) is 5.75. The molecule has 0 unspecified atom stereocenters. The van der Waals surface area contributed by atoms with Crippen molar-refractivity contribution >= 4 is 39.1 Å². The molecule has 10 heteroatoms. The van der Waals surface area contributed by atoms with Gasteiger partial charge < -0.3 is 20.1 Å². The Morgan fingerprint density at radius 2 is 1.67 bits per heavy atom. The lowest BCUT2D eigenvalue weighted by Gasteiger charge is -2.19. The maximum atomic E-state index is 13.3. The van der Waals surface area contributed by atoms with Gasteiger partial charge in [0.1, 0.15) is 16.2 Å². The van der Waals surface area contributed by atoms with E-state index in [2.05, 4.69) is 15.4 Å². The largest absolute Gasteiger partial charge is 0.495 e. The quantitative estimate of drug-likeness (QED) is 0.303. The molecule has 0 spiro atoms. The lowest BCUT2D eigenvalue weighted by Crippen LogP contribution is -2.34. The van der Waals surface area contributed by atoms with Gasteiger partial charge in [0.15, 0.2) is 0 Å². The molecule has 0 saturated heterocycles. The Hall–Kier alpha value is -3.43. The van der Waals surface area contributed by atoms with E-state index in [0.29, 0.717) is 40.6 Å². The van der Waals surface area contributed by atoms with Gasteiger partial charge in [-0.1, -0.05) is 41.9 Å². The van der Waals surface area contributed by atoms with E-state index < -0.39 is 21.7 Å². The highest BCUT2D eigenvalue weighted by molar-refractivity contribution is 7.92. The first kappa shape index (κ1) is 27.2. The molecule has 0 heterocycles. The molecular formula is C26H30ClN3O5S. The number of hydrogen-bond donors (Lipinski definition) is 3. The topological polar surface area (TPSA) is 106 Å². The maximum absolute atomic E-state index is 13.3. The van der Waals surface area contributed by atoms with E-state index in [9.17, 15) is 13.2 Å². The molecule has 3 N–H and O–H groups in total. The average Bonchev–Trinajstić information content (AvgIpc) is 2.81. The first-order valence-electron chi connectivity index (χ1n) is 11.2. The van der Waals surface area contributed by atoms with Crippen LogP contribution in [-0.2, 0) is 14.8 Å². The van der Waals surface area contributed by atoms with Crippen LogP contribution in [0.5, 0.6) is 5.75 Å². The minimum absolute atomic E-state index is 0.0117. The lowest BCUT2D eigenvalue weighted by atomic mass is 10.1. The van der Waals surface area contributed by atoms with Crippen LogP contribution in [-0.4, -0.2) is 40.3 Å². The molecule has 0 aromatic heterocycles. The van der Waals surface area contributed by atoms with Gasteiger partial charge >= 0.3 is 6.09 Å². The number of carbonyl (C=O) groups is 1. The summed E-state index contributed by atoms with van der Waals surface area (Å²) in [6, 6.07) is 18.9. The van der Waals surface area contributed by atoms with E-state index in [4.69, 9.17) is 21.1 Å². The van der Waals surface area contributed by atoms with Crippen LogP contribution < -0.4 is 20.1 Å². The Morgan fingerprint density at radius 3 is 2.36 bits per heavy atom. The van der Waals surface area contributed by atoms with Crippen molar-refractivity contribution in [2.45, 2.75) is 31.3 Å². The molecule has 3 aromatic rings. The molecule has 36 heavy (non-hydrogen) atoms. The lowest BCUT2D eigenvalue weighted by molar-refractivity contribution is 0.0530. The minimum Gasteiger partial charge on any atom is -0.495 e. The Bertz CT molecular complexity index is 1320. The molecule has 1 amide bonds. The van der Waals surface area contributed by atoms with Crippen LogP contribution in [0.3, 0.4) is 0 Å². The summed E-state index contributed by atoms with van der Waals surface area (Å²) in [5.41, 5.74) is 1.83. The summed E-state index contributed by atoms with van der Waals surface area (Å²) in [6.07, 6.45) is -0.501. The van der Waals surface area contributed by atoms with Crippen LogP contribution in [0.25, 0.3) is 11.1 Å². The van der Waals surface area contributed by atoms with Crippen molar-refractivity contribution < 1.29 is 22.7 Å². The SMILES string of the molecule is COc1ccc(-c2ccccc2Cl)cc1S(=O)(=O)Nc1cccc(NCCNC(=O)OC(C)(C)C)c1. The summed E-state index contributed by atoms with van der Waals surface area (Å²) in [5, 5.41) is 6.32. The van der Waals surface area contributed by atoms with Gasteiger partial charge in [-0.3, -0.25) is 4.72 Å². The first-order valence-corrected chi connectivity index (χ1v) is 13.1. The van der Waals surface area contributed by atoms with Gasteiger partial charge in [0.2, 0.25) is 0 Å². The van der Waals surface area contributed by atoms with Crippen LogP contribution in [0.4, 0.5) is 16.2 Å². The first-order chi connectivity index (χ1) is 17.0. The number of hydrogen-bond acceptors (Lipinski definition) is 6. The Labute approximate surface area is 217 Å². The highest BCUT2D eigenvalue weighted by atomic mass is 35.5. The standard InChI is InChI=1S/C26H30ClN3O5S/c1-26(2,3)35-25(31)29-15-14-28-19-8-7-9-20(17-19)30-36(32,33)24-16-18(12-13-23(24)34-4)21-10-5-6-11-22(21)27/h5-13,16-17,28,30H,14-15H2,1-4H3,(H,29,31). The van der Waals surface area contributed by atoms with Crippen molar-refractivity contribution in [3.63, 3.8) is 0 Å². The third-order valence-corrected chi connectivity index (χ3v) is 6.61. The molecule has 0 saturated carbocycles. The summed E-state index contributed by atoms with van der Waals surface area (Å²) in [5.74, 6) is 0.209. The van der Waals surface area contributed by atoms with Gasteiger partial charge in [0.25, 0.3) is 10.0 Å². The van der Waals surface area contributed by atoms with Crippen LogP contribution in [0.15, 0.2) is 71.6 Å². The van der Waals surface area contributed by atoms with Gasteiger partial charge in [0, 0.05) is 29.4 Å². The van der Waals surface area contributed by atoms with Crippen LogP contribution in [0.1, 0.15) is 20.8 Å². The Balaban J connectivity index is 1.72. The molecule has 0 aliphatic rings. The van der Waals surface area contributed by atoms with Crippen molar-refractivity contribution in [2.75, 3.05) is 30.2 Å². The molecule has 3 rings (SSSR count). The Morgan fingerprint density at radius 1 is 0.944 bits per heavy atom. The van der Waals surface area contributed by atoms with E-state index in [1.165, 1.54) is 13.2 Å². The average molecular weight is 532 g/mol. The normalized spacial score (nSPS) is 11.5. The highest BCUT2D eigenvalue weighted by Crippen LogP contribution is 2.34. The number of carbonyl (C=O) groups excluding carboxylic acids is 1. The predicted molar refractivity (Wildman–Crippen MR) is 143 cm³/mol. The number of sulfonamides is 1. The third kappa shape index (κ3) is 7.53. The van der Waals surface area contributed by atoms with Gasteiger partial charge in [-0.15, -0.1) is 0 Å². The molecule has 0 atom stereocenters. The number of methoxy groups -OCH3 is 1. The zero-order chi connectivity index (χ0) is 26.3. The number of ether oxygens (including phenoxy) is 2. The van der Waals surface area contributed by atoms with Crippen molar-refractivity contribution in [3.05, 3.63) is 71.8 Å². The number of halogens is 1. The molecular weight excluding hydrogens is 502 g/mol. The second-order valence-corrected chi connectivity index (χ2v) is 10.9. The van der Waals surface area contributed by atoms with Crippen LogP contribution >= 0.6 is 11.6 Å². The number of benzene rings is 3. The second kappa shape index (κ2) is 11.5. The minimum atomic E-state index is -3.99. The Kier molecular flexibility index (Phi) is 8.70. The van der Waals surface area contributed by atoms with E-state index in [1.807, 2.05) is 18.2 Å². The molecule has 0 bridgehead atoms. The molecule has 8 nitrogen and oxygen atoms in total. The highest BCUT2D eigenvalue weighted by Gasteiger charge is 2.21. The molecule has 0 radical (unpaired) electrons. The summed E-state index contributed by atoms with van der Waals surface area (Å²) in [6.45, 7) is 6.13. The maximum Gasteiger partial charge on any atom is 0.407 e. The van der Waals surface area contributed by atoms with Crippen LogP contribution in [0, 0.1) is 0 Å². The van der Waals surface area contributed by atoms with Gasteiger partial charge in [0.05, 0.1) is 12.8 Å². The monoisotopic (exact) mass is 531 g/mol. The van der Waals surface area contributed by atoms with Crippen molar-refractivity contribution in [2.24, 2.45) is 0 Å². The smallest absolute Gasteiger partial charge is 0.407 e. The zero-order valence-corrected chi connectivity index (χ0v) is 22.2. The van der Waals surface area contributed by atoms with Gasteiger partial charge in [-0.2, -0.15) is 0 Å². The molecule has 0 aliphatic heterocycles. The molecule has 0 aliphatic carbocycles. The van der Waals surface area contributed by atoms with Gasteiger partial charge in [-0.05, 0) is 62.7 Å². The third-order valence-electron chi connectivity index (χ3n) is 4.88. The number of nitrogens with one attached hydrogen (secondary N) is 3. The molecule has 3 aromatic carbocycles. The van der Waals surface area contributed by atoms with Crippen molar-refractivity contribution in [3.8, 4) is 16.9 Å². The van der Waals surface area contributed by atoms with Crippen molar-refractivity contribution in [1.82, 2.24) is 5.32 Å². The number of alkyl carbamates (subject to hydrolysis) is 1. The summed E-state index contributed by atoms with van der Waals surface area (Å²) < 4.78 is 39.7. The molecule has 0 fully saturated rings. The summed E-state index contributed by atoms with van der Waals surface area (Å²) in [7, 11) is -2.57. The number of anilines is 2. The van der Waals surface area contributed by atoms with E-state index in [1.54, 1.807) is 63.2 Å². The fraction of sp³-hybridized carbons (Fsp3) is 0.269. The van der Waals surface area contributed by atoms with E-state index in [0.717, 1.165) is 0 Å². The summed E-state index contributed by atoms with van der Waals surface area (Å²) >= 11 is 6.31.